The summed E-state index contributed by atoms with van der Waals surface area (Å²) >= 11 is 0. The number of nitrogens with zero attached hydrogens (tertiary/aromatic N) is 5. The zero-order chi connectivity index (χ0) is 19.0. The summed E-state index contributed by atoms with van der Waals surface area (Å²) < 4.78 is 0. The summed E-state index contributed by atoms with van der Waals surface area (Å²) in [5.41, 5.74) is 2.17. The van der Waals surface area contributed by atoms with E-state index in [2.05, 4.69) is 4.90 Å². The highest BCUT2D eigenvalue weighted by molar-refractivity contribution is 5.85. The number of fused-ring (bicyclic) bond motifs is 1. The Morgan fingerprint density at radius 3 is 2.70 bits per heavy atom. The second-order valence-electron chi connectivity index (χ2n) is 8.45. The number of carbonyl (C=O) groups is 1. The molecule has 3 heterocycles. The van der Waals surface area contributed by atoms with E-state index in [1.54, 1.807) is 0 Å². The summed E-state index contributed by atoms with van der Waals surface area (Å²) in [4.78, 5) is 29.0. The minimum absolute atomic E-state index is 0.0388. The number of amides is 1. The van der Waals surface area contributed by atoms with Crippen LogP contribution in [0.5, 0.6) is 0 Å². The molecule has 1 atom stereocenters. The van der Waals surface area contributed by atoms with E-state index in [9.17, 15) is 9.90 Å². The third-order valence-electron chi connectivity index (χ3n) is 6.40. The first-order valence-corrected chi connectivity index (χ1v) is 10.3. The fourth-order valence-electron chi connectivity index (χ4n) is 4.94. The Balaban J connectivity index is 1.64. The third-order valence-corrected chi connectivity index (χ3v) is 6.40. The lowest BCUT2D eigenvalue weighted by molar-refractivity contribution is -0.145. The van der Waals surface area contributed by atoms with Crippen LogP contribution >= 0.6 is 0 Å². The van der Waals surface area contributed by atoms with Crippen LogP contribution in [0.3, 0.4) is 0 Å². The zero-order valence-electron chi connectivity index (χ0n) is 16.6. The number of hydrogen-bond acceptors (Lipinski definition) is 6. The molecule has 1 unspecified atom stereocenters. The van der Waals surface area contributed by atoms with Crippen LogP contribution in [0.25, 0.3) is 0 Å². The minimum Gasteiger partial charge on any atom is -0.395 e. The third kappa shape index (κ3) is 3.26. The Bertz CT molecular complexity index is 721. The van der Waals surface area contributed by atoms with Crippen LogP contribution in [0.4, 0.5) is 11.8 Å². The number of aliphatic hydroxyl groups excluding tert-OH is 1. The first-order chi connectivity index (χ1) is 13.0. The molecule has 1 amide bonds. The molecule has 1 aliphatic carbocycles. The second kappa shape index (κ2) is 7.26. The maximum Gasteiger partial charge on any atom is 0.230 e. The molecule has 0 bridgehead atoms. The van der Waals surface area contributed by atoms with Gasteiger partial charge in [0.2, 0.25) is 11.9 Å². The molecule has 2 fully saturated rings. The molecule has 7 nitrogen and oxygen atoms in total. The molecule has 0 radical (unpaired) electrons. The predicted molar refractivity (Wildman–Crippen MR) is 105 cm³/mol. The first-order valence-electron chi connectivity index (χ1n) is 10.3. The van der Waals surface area contributed by atoms with Gasteiger partial charge in [-0.1, -0.05) is 0 Å². The fourth-order valence-corrected chi connectivity index (χ4v) is 4.94. The number of carbonyl (C=O) groups excluding carboxylic acids is 1. The number of piperidine rings is 1. The van der Waals surface area contributed by atoms with Gasteiger partial charge in [0.1, 0.15) is 5.82 Å². The molecule has 0 saturated carbocycles. The quantitative estimate of drug-likeness (QED) is 0.856. The largest absolute Gasteiger partial charge is 0.395 e. The molecule has 4 rings (SSSR count). The van der Waals surface area contributed by atoms with Gasteiger partial charge in [-0.3, -0.25) is 4.79 Å². The number of β-amino-alcohol motifs (C(OH)–C–C–N with tert-alkyl or cyclic N) is 1. The van der Waals surface area contributed by atoms with E-state index < -0.39 is 0 Å². The monoisotopic (exact) mass is 373 g/mol. The fraction of sp³-hybridized carbons (Fsp3) is 0.750. The van der Waals surface area contributed by atoms with Gasteiger partial charge >= 0.3 is 0 Å². The van der Waals surface area contributed by atoms with Crippen LogP contribution < -0.4 is 9.80 Å². The number of anilines is 2. The molecule has 7 heteroatoms. The molecule has 1 aromatic rings. The van der Waals surface area contributed by atoms with Crippen LogP contribution in [-0.2, 0) is 17.6 Å². The number of aromatic nitrogens is 2. The van der Waals surface area contributed by atoms with Crippen molar-refractivity contribution in [3.05, 3.63) is 11.3 Å². The van der Waals surface area contributed by atoms with E-state index >= 15 is 0 Å². The SMILES string of the molecule is CN(C)c1nc2c(c(N3CCC4(CCCN(CCO)C4=O)C3)n1)CCCC2. The van der Waals surface area contributed by atoms with Crippen LogP contribution in [0, 0.1) is 5.41 Å². The van der Waals surface area contributed by atoms with Crippen LogP contribution in [0.2, 0.25) is 0 Å². The molecule has 0 aromatic carbocycles. The smallest absolute Gasteiger partial charge is 0.230 e. The zero-order valence-corrected chi connectivity index (χ0v) is 16.6. The summed E-state index contributed by atoms with van der Waals surface area (Å²) in [6.07, 6.45) is 7.27. The second-order valence-corrected chi connectivity index (χ2v) is 8.45. The van der Waals surface area contributed by atoms with E-state index in [4.69, 9.17) is 9.97 Å². The van der Waals surface area contributed by atoms with Gasteiger partial charge in [-0.05, 0) is 44.9 Å². The van der Waals surface area contributed by atoms with Crippen molar-refractivity contribution in [1.29, 1.82) is 0 Å². The van der Waals surface area contributed by atoms with Crippen LogP contribution in [0.1, 0.15) is 43.4 Å². The molecule has 148 valence electrons. The van der Waals surface area contributed by atoms with E-state index in [1.165, 1.54) is 24.1 Å². The number of hydrogen-bond donors (Lipinski definition) is 1. The van der Waals surface area contributed by atoms with Crippen molar-refractivity contribution in [3.8, 4) is 0 Å². The highest BCUT2D eigenvalue weighted by atomic mass is 16.3. The summed E-state index contributed by atoms with van der Waals surface area (Å²) in [7, 11) is 3.97. The van der Waals surface area contributed by atoms with Gasteiger partial charge in [0, 0.05) is 45.8 Å². The van der Waals surface area contributed by atoms with Crippen molar-refractivity contribution in [2.75, 3.05) is 56.7 Å². The summed E-state index contributed by atoms with van der Waals surface area (Å²) in [6, 6.07) is 0. The van der Waals surface area contributed by atoms with Crippen molar-refractivity contribution in [3.63, 3.8) is 0 Å². The Morgan fingerprint density at radius 1 is 1.11 bits per heavy atom. The maximum absolute atomic E-state index is 13.1. The first kappa shape index (κ1) is 18.5. The predicted octanol–water partition coefficient (Wildman–Crippen LogP) is 1.23. The number of rotatable bonds is 4. The van der Waals surface area contributed by atoms with E-state index in [0.717, 1.165) is 63.5 Å². The van der Waals surface area contributed by atoms with Crippen molar-refractivity contribution in [1.82, 2.24) is 14.9 Å². The average Bonchev–Trinajstić information content (AvgIpc) is 3.09. The lowest BCUT2D eigenvalue weighted by atomic mass is 9.78. The van der Waals surface area contributed by atoms with Gasteiger partial charge in [-0.15, -0.1) is 0 Å². The van der Waals surface area contributed by atoms with E-state index in [0.29, 0.717) is 6.54 Å². The highest BCUT2D eigenvalue weighted by Crippen LogP contribution is 2.43. The lowest BCUT2D eigenvalue weighted by Gasteiger charge is -2.39. The topological polar surface area (TPSA) is 72.8 Å². The molecule has 2 aliphatic heterocycles. The molecule has 1 spiro atoms. The van der Waals surface area contributed by atoms with Gasteiger partial charge in [-0.2, -0.15) is 4.98 Å². The number of aliphatic hydroxyl groups is 1. The number of likely N-dealkylation sites (tertiary alicyclic amines) is 1. The molecule has 2 saturated heterocycles. The Hall–Kier alpha value is -1.89. The highest BCUT2D eigenvalue weighted by Gasteiger charge is 2.49. The van der Waals surface area contributed by atoms with Crippen LogP contribution in [0.15, 0.2) is 0 Å². The maximum atomic E-state index is 13.1. The standard InChI is InChI=1S/C20H31N5O2/c1-23(2)19-21-16-7-4-3-6-15(16)17(22-19)25-11-9-20(14-25)8-5-10-24(12-13-26)18(20)27/h26H,3-14H2,1-2H3. The lowest BCUT2D eigenvalue weighted by Crippen LogP contribution is -2.50. The average molecular weight is 374 g/mol. The van der Waals surface area contributed by atoms with Gasteiger partial charge < -0.3 is 19.8 Å². The van der Waals surface area contributed by atoms with E-state index in [1.807, 2.05) is 23.9 Å². The van der Waals surface area contributed by atoms with Gasteiger partial charge in [0.05, 0.1) is 17.7 Å². The number of aryl methyl sites for hydroxylation is 1. The molecule has 1 aromatic heterocycles. The Labute approximate surface area is 161 Å². The van der Waals surface area contributed by atoms with Crippen molar-refractivity contribution < 1.29 is 9.90 Å². The van der Waals surface area contributed by atoms with Gasteiger partial charge in [-0.25, -0.2) is 4.98 Å². The summed E-state index contributed by atoms with van der Waals surface area (Å²) in [5.74, 6) is 2.04. The molecule has 3 aliphatic rings. The molecule has 1 N–H and O–H groups in total. The van der Waals surface area contributed by atoms with Crippen molar-refractivity contribution in [2.24, 2.45) is 5.41 Å². The molecular formula is C20H31N5O2. The van der Waals surface area contributed by atoms with Crippen LogP contribution in [-0.4, -0.2) is 72.8 Å². The van der Waals surface area contributed by atoms with E-state index in [-0.39, 0.29) is 17.9 Å². The normalized spacial score (nSPS) is 25.2. The van der Waals surface area contributed by atoms with Crippen molar-refractivity contribution in [2.45, 2.75) is 44.9 Å². The van der Waals surface area contributed by atoms with Crippen molar-refractivity contribution >= 4 is 17.7 Å². The Kier molecular flexibility index (Phi) is 4.97. The summed E-state index contributed by atoms with van der Waals surface area (Å²) in [6.45, 7) is 2.87. The summed E-state index contributed by atoms with van der Waals surface area (Å²) in [5, 5.41) is 9.29. The van der Waals surface area contributed by atoms with Gasteiger partial charge in [0.25, 0.3) is 0 Å². The minimum atomic E-state index is -0.307. The Morgan fingerprint density at radius 2 is 1.93 bits per heavy atom. The molecular weight excluding hydrogens is 342 g/mol. The molecule has 27 heavy (non-hydrogen) atoms. The van der Waals surface area contributed by atoms with Gasteiger partial charge in [0.15, 0.2) is 0 Å².